The Morgan fingerprint density at radius 1 is 1.36 bits per heavy atom. The van der Waals surface area contributed by atoms with E-state index < -0.39 is 30.6 Å². The molecule has 1 fully saturated rings. The van der Waals surface area contributed by atoms with E-state index in [0.29, 0.717) is 5.56 Å². The van der Waals surface area contributed by atoms with Crippen molar-refractivity contribution in [3.05, 3.63) is 47.5 Å². The van der Waals surface area contributed by atoms with Crippen LogP contribution in [0.5, 0.6) is 0 Å². The van der Waals surface area contributed by atoms with Gasteiger partial charge in [-0.1, -0.05) is 18.2 Å². The standard InChI is InChI=1S/C17H15ClFN5O4/c18-17-22-13(20)11-14(23-17)24(7-21-11)15-10(19)12(25)9(28-15)6-27-16(26)8-4-2-1-3-5-8/h1-5,7,9-10,12,15,25H,6H2,(H2,20,22,23)/t9-,10+,12-,15+/m1/s1. The van der Waals surface area contributed by atoms with Crippen LogP contribution in [0.2, 0.25) is 5.28 Å². The SMILES string of the molecule is Nc1nc(Cl)nc2c1ncn2[C@H]1O[C@H](COC(=O)c2ccccc2)[C@@H](O)[C@@H]1F. The highest BCUT2D eigenvalue weighted by Crippen LogP contribution is 2.34. The second-order valence-corrected chi connectivity index (χ2v) is 6.50. The third-order valence-electron chi connectivity index (χ3n) is 4.38. The van der Waals surface area contributed by atoms with Crippen molar-refractivity contribution in [2.75, 3.05) is 12.3 Å². The first kappa shape index (κ1) is 18.5. The maximum atomic E-state index is 14.7. The van der Waals surface area contributed by atoms with Gasteiger partial charge in [0.2, 0.25) is 5.28 Å². The minimum atomic E-state index is -1.81. The predicted molar refractivity (Wildman–Crippen MR) is 96.3 cm³/mol. The summed E-state index contributed by atoms with van der Waals surface area (Å²) in [6.45, 7) is -0.323. The molecule has 3 heterocycles. The van der Waals surface area contributed by atoms with Crippen molar-refractivity contribution in [3.63, 3.8) is 0 Å². The largest absolute Gasteiger partial charge is 0.459 e. The van der Waals surface area contributed by atoms with Gasteiger partial charge >= 0.3 is 5.97 Å². The number of alkyl halides is 1. The summed E-state index contributed by atoms with van der Waals surface area (Å²) >= 11 is 5.81. The van der Waals surface area contributed by atoms with E-state index in [1.807, 2.05) is 0 Å². The summed E-state index contributed by atoms with van der Waals surface area (Å²) in [7, 11) is 0. The number of nitrogens with two attached hydrogens (primary N) is 1. The van der Waals surface area contributed by atoms with Crippen LogP contribution in [0.15, 0.2) is 36.7 Å². The Balaban J connectivity index is 1.51. The van der Waals surface area contributed by atoms with Crippen LogP contribution in [0.1, 0.15) is 16.6 Å². The molecule has 0 spiro atoms. The molecule has 11 heteroatoms. The van der Waals surface area contributed by atoms with E-state index in [9.17, 15) is 14.3 Å². The number of carbonyl (C=O) groups is 1. The highest BCUT2D eigenvalue weighted by atomic mass is 35.5. The van der Waals surface area contributed by atoms with Gasteiger partial charge in [0.25, 0.3) is 0 Å². The summed E-state index contributed by atoms with van der Waals surface area (Å²) in [6.07, 6.45) is -4.37. The number of anilines is 1. The summed E-state index contributed by atoms with van der Waals surface area (Å²) in [4.78, 5) is 23.9. The molecule has 0 saturated carbocycles. The van der Waals surface area contributed by atoms with Gasteiger partial charge in [-0.3, -0.25) is 4.57 Å². The quantitative estimate of drug-likeness (QED) is 0.492. The Morgan fingerprint density at radius 3 is 2.86 bits per heavy atom. The molecule has 1 aliphatic rings. The molecule has 4 atom stereocenters. The van der Waals surface area contributed by atoms with Gasteiger partial charge in [0.05, 0.1) is 11.9 Å². The predicted octanol–water partition coefficient (Wildman–Crippen LogP) is 1.52. The van der Waals surface area contributed by atoms with Crippen LogP contribution in [0.4, 0.5) is 10.2 Å². The minimum absolute atomic E-state index is 0.0380. The number of nitrogen functional groups attached to an aromatic ring is 1. The molecule has 0 unspecified atom stereocenters. The molecule has 28 heavy (non-hydrogen) atoms. The number of aliphatic hydroxyl groups is 1. The Labute approximate surface area is 162 Å². The molecule has 1 aliphatic heterocycles. The minimum Gasteiger partial charge on any atom is -0.459 e. The molecule has 146 valence electrons. The lowest BCUT2D eigenvalue weighted by Crippen LogP contribution is -2.32. The van der Waals surface area contributed by atoms with Gasteiger partial charge in [-0.15, -0.1) is 0 Å². The van der Waals surface area contributed by atoms with Crippen molar-refractivity contribution >= 4 is 34.6 Å². The fraction of sp³-hybridized carbons (Fsp3) is 0.294. The molecular weight excluding hydrogens is 393 g/mol. The van der Waals surface area contributed by atoms with Crippen molar-refractivity contribution in [2.45, 2.75) is 24.6 Å². The van der Waals surface area contributed by atoms with Crippen molar-refractivity contribution in [1.29, 1.82) is 0 Å². The monoisotopic (exact) mass is 407 g/mol. The third kappa shape index (κ3) is 3.26. The number of hydrogen-bond acceptors (Lipinski definition) is 8. The van der Waals surface area contributed by atoms with Gasteiger partial charge < -0.3 is 20.3 Å². The number of nitrogens with zero attached hydrogens (tertiary/aromatic N) is 4. The lowest BCUT2D eigenvalue weighted by Gasteiger charge is -2.15. The van der Waals surface area contributed by atoms with E-state index in [1.54, 1.807) is 30.3 Å². The van der Waals surface area contributed by atoms with Crippen molar-refractivity contribution in [3.8, 4) is 0 Å². The number of benzene rings is 1. The number of fused-ring (bicyclic) bond motifs is 1. The number of imidazole rings is 1. The maximum Gasteiger partial charge on any atom is 0.338 e. The summed E-state index contributed by atoms with van der Waals surface area (Å²) in [6, 6.07) is 8.31. The molecule has 1 aromatic carbocycles. The molecule has 1 saturated heterocycles. The number of hydrogen-bond donors (Lipinski definition) is 2. The fourth-order valence-corrected chi connectivity index (χ4v) is 3.15. The zero-order chi connectivity index (χ0) is 19.8. The summed E-state index contributed by atoms with van der Waals surface area (Å²) in [5.74, 6) is -0.563. The van der Waals surface area contributed by atoms with Gasteiger partial charge in [-0.05, 0) is 23.7 Å². The maximum absolute atomic E-state index is 14.7. The zero-order valence-corrected chi connectivity index (χ0v) is 15.0. The average molecular weight is 408 g/mol. The Morgan fingerprint density at radius 2 is 2.11 bits per heavy atom. The molecular formula is C17H15ClFN5O4. The number of halogens is 2. The number of rotatable bonds is 4. The van der Waals surface area contributed by atoms with Crippen LogP contribution in [0, 0.1) is 0 Å². The molecule has 0 amide bonds. The van der Waals surface area contributed by atoms with E-state index in [4.69, 9.17) is 26.8 Å². The van der Waals surface area contributed by atoms with Gasteiger partial charge in [0.1, 0.15) is 24.3 Å². The van der Waals surface area contributed by atoms with Crippen molar-refractivity contribution in [1.82, 2.24) is 19.5 Å². The molecule has 9 nitrogen and oxygen atoms in total. The van der Waals surface area contributed by atoms with Crippen LogP contribution in [-0.4, -0.2) is 55.6 Å². The van der Waals surface area contributed by atoms with Gasteiger partial charge in [-0.25, -0.2) is 14.2 Å². The molecule has 4 rings (SSSR count). The number of carbonyl (C=O) groups excluding carboxylic acids is 1. The van der Waals surface area contributed by atoms with E-state index in [0.717, 1.165) is 0 Å². The molecule has 3 aromatic rings. The van der Waals surface area contributed by atoms with Gasteiger partial charge in [-0.2, -0.15) is 9.97 Å². The van der Waals surface area contributed by atoms with Crippen LogP contribution in [0.3, 0.4) is 0 Å². The third-order valence-corrected chi connectivity index (χ3v) is 4.55. The topological polar surface area (TPSA) is 125 Å². The van der Waals surface area contributed by atoms with E-state index in [2.05, 4.69) is 15.0 Å². The number of ether oxygens (including phenoxy) is 2. The Hall–Kier alpha value is -2.82. The highest BCUT2D eigenvalue weighted by Gasteiger charge is 2.46. The van der Waals surface area contributed by atoms with Crippen LogP contribution >= 0.6 is 11.6 Å². The molecule has 3 N–H and O–H groups in total. The molecule has 0 bridgehead atoms. The normalized spacial score (nSPS) is 24.5. The van der Waals surface area contributed by atoms with Gasteiger partial charge in [0, 0.05) is 0 Å². The van der Waals surface area contributed by atoms with E-state index in [1.165, 1.54) is 10.9 Å². The van der Waals surface area contributed by atoms with E-state index >= 15 is 0 Å². The fourth-order valence-electron chi connectivity index (χ4n) is 2.98. The average Bonchev–Trinajstić information content (AvgIpc) is 3.22. The lowest BCUT2D eigenvalue weighted by atomic mass is 10.1. The molecule has 0 radical (unpaired) electrons. The second kappa shape index (κ2) is 7.30. The number of aromatic nitrogens is 4. The first-order valence-electron chi connectivity index (χ1n) is 8.31. The second-order valence-electron chi connectivity index (χ2n) is 6.17. The lowest BCUT2D eigenvalue weighted by molar-refractivity contribution is -0.0529. The van der Waals surface area contributed by atoms with Crippen LogP contribution in [-0.2, 0) is 9.47 Å². The van der Waals surface area contributed by atoms with Crippen LogP contribution in [0.25, 0.3) is 11.2 Å². The zero-order valence-electron chi connectivity index (χ0n) is 14.3. The summed E-state index contributed by atoms with van der Waals surface area (Å²) in [5.41, 5.74) is 6.48. The Bertz CT molecular complexity index is 1020. The smallest absolute Gasteiger partial charge is 0.338 e. The first-order valence-corrected chi connectivity index (χ1v) is 8.69. The highest BCUT2D eigenvalue weighted by molar-refractivity contribution is 6.28. The van der Waals surface area contributed by atoms with Gasteiger partial charge in [0.15, 0.2) is 23.9 Å². The van der Waals surface area contributed by atoms with E-state index in [-0.39, 0.29) is 28.9 Å². The summed E-state index contributed by atoms with van der Waals surface area (Å²) in [5, 5.41) is 10.1. The summed E-state index contributed by atoms with van der Waals surface area (Å²) < 4.78 is 26.7. The Kier molecular flexibility index (Phi) is 4.84. The molecule has 0 aliphatic carbocycles. The first-order chi connectivity index (χ1) is 13.5. The van der Waals surface area contributed by atoms with Crippen molar-refractivity contribution in [2.24, 2.45) is 0 Å². The number of esters is 1. The van der Waals surface area contributed by atoms with Crippen LogP contribution < -0.4 is 5.73 Å². The van der Waals surface area contributed by atoms with Crippen molar-refractivity contribution < 1.29 is 23.8 Å². The molecule has 2 aromatic heterocycles. The number of aliphatic hydroxyl groups excluding tert-OH is 1.